The molecule has 0 amide bonds. The van der Waals surface area contributed by atoms with Gasteiger partial charge >= 0.3 is 0 Å². The number of sulfonamides is 1. The third-order valence-corrected chi connectivity index (χ3v) is 4.70. The van der Waals surface area contributed by atoms with E-state index in [0.717, 1.165) is 31.4 Å². The van der Waals surface area contributed by atoms with Crippen LogP contribution in [0.4, 0.5) is 11.4 Å². The second kappa shape index (κ2) is 7.37. The summed E-state index contributed by atoms with van der Waals surface area (Å²) in [6, 6.07) is 3.27. The number of hydrogen-bond donors (Lipinski definition) is 2. The number of unbranched alkanes of at least 4 members (excludes halogenated alkanes) is 2. The van der Waals surface area contributed by atoms with Crippen LogP contribution in [-0.4, -0.2) is 19.4 Å². The fourth-order valence-corrected chi connectivity index (χ4v) is 3.42. The van der Waals surface area contributed by atoms with Crippen LogP contribution in [0.2, 0.25) is 0 Å². The first kappa shape index (κ1) is 17.4. The van der Waals surface area contributed by atoms with E-state index in [4.69, 9.17) is 5.73 Å². The summed E-state index contributed by atoms with van der Waals surface area (Å²) in [5.74, 6) is 0. The predicted molar refractivity (Wildman–Crippen MR) is 81.4 cm³/mol. The molecule has 0 heterocycles. The summed E-state index contributed by atoms with van der Waals surface area (Å²) in [5.41, 5.74) is 5.11. The van der Waals surface area contributed by atoms with Crippen molar-refractivity contribution in [1.82, 2.24) is 4.72 Å². The van der Waals surface area contributed by atoms with Crippen molar-refractivity contribution in [3.05, 3.63) is 28.3 Å². The van der Waals surface area contributed by atoms with Crippen LogP contribution < -0.4 is 10.5 Å². The standard InChI is InChI=1S/C13H21N3O4S/c1-3-4-5-6-10(2)15-21(19,20)13-8-7-11(14)9-12(13)16(17)18/h7-10,15H,3-6,14H2,1-2H3. The molecule has 0 aromatic heterocycles. The van der Waals surface area contributed by atoms with Gasteiger partial charge in [-0.25, -0.2) is 13.1 Å². The maximum Gasteiger partial charge on any atom is 0.291 e. The number of rotatable bonds is 8. The average molecular weight is 315 g/mol. The largest absolute Gasteiger partial charge is 0.399 e. The van der Waals surface area contributed by atoms with E-state index < -0.39 is 20.6 Å². The predicted octanol–water partition coefficient (Wildman–Crippen LogP) is 2.42. The Morgan fingerprint density at radius 3 is 2.62 bits per heavy atom. The van der Waals surface area contributed by atoms with E-state index in [9.17, 15) is 18.5 Å². The maximum atomic E-state index is 12.3. The molecule has 21 heavy (non-hydrogen) atoms. The lowest BCUT2D eigenvalue weighted by Crippen LogP contribution is -2.33. The van der Waals surface area contributed by atoms with Gasteiger partial charge in [0.25, 0.3) is 5.69 Å². The van der Waals surface area contributed by atoms with Crippen molar-refractivity contribution >= 4 is 21.4 Å². The molecule has 0 aliphatic rings. The Morgan fingerprint density at radius 2 is 2.05 bits per heavy atom. The number of nitro groups is 1. The molecular weight excluding hydrogens is 294 g/mol. The molecule has 0 saturated carbocycles. The molecule has 0 aliphatic heterocycles. The minimum Gasteiger partial charge on any atom is -0.399 e. The highest BCUT2D eigenvalue weighted by molar-refractivity contribution is 7.89. The summed E-state index contributed by atoms with van der Waals surface area (Å²) in [6.45, 7) is 3.81. The number of nitrogens with one attached hydrogen (secondary N) is 1. The second-order valence-electron chi connectivity index (χ2n) is 5.00. The van der Waals surface area contributed by atoms with Crippen LogP contribution in [0.1, 0.15) is 39.5 Å². The lowest BCUT2D eigenvalue weighted by molar-refractivity contribution is -0.387. The molecule has 7 nitrogen and oxygen atoms in total. The summed E-state index contributed by atoms with van der Waals surface area (Å²) in [4.78, 5) is 9.87. The monoisotopic (exact) mass is 315 g/mol. The van der Waals surface area contributed by atoms with Crippen molar-refractivity contribution in [2.75, 3.05) is 5.73 Å². The zero-order valence-corrected chi connectivity index (χ0v) is 13.0. The summed E-state index contributed by atoms with van der Waals surface area (Å²) in [7, 11) is -3.94. The number of nitrogens with zero attached hydrogens (tertiary/aromatic N) is 1. The zero-order valence-electron chi connectivity index (χ0n) is 12.2. The number of hydrogen-bond acceptors (Lipinski definition) is 5. The van der Waals surface area contributed by atoms with E-state index >= 15 is 0 Å². The number of nitrogen functional groups attached to an aromatic ring is 1. The Labute approximate surface area is 124 Å². The highest BCUT2D eigenvalue weighted by atomic mass is 32.2. The highest BCUT2D eigenvalue weighted by Gasteiger charge is 2.27. The van der Waals surface area contributed by atoms with E-state index in [2.05, 4.69) is 11.6 Å². The molecule has 0 saturated heterocycles. The van der Waals surface area contributed by atoms with Crippen molar-refractivity contribution in [3.63, 3.8) is 0 Å². The van der Waals surface area contributed by atoms with Crippen molar-refractivity contribution in [2.24, 2.45) is 0 Å². The number of anilines is 1. The number of benzene rings is 1. The van der Waals surface area contributed by atoms with Gasteiger partial charge in [0.05, 0.1) is 4.92 Å². The summed E-state index contributed by atoms with van der Waals surface area (Å²) in [6.07, 6.45) is 3.66. The first-order valence-corrected chi connectivity index (χ1v) is 8.32. The van der Waals surface area contributed by atoms with Crippen LogP contribution in [0.5, 0.6) is 0 Å². The third-order valence-electron chi connectivity index (χ3n) is 3.07. The van der Waals surface area contributed by atoms with Gasteiger partial charge in [0.1, 0.15) is 0 Å². The fourth-order valence-electron chi connectivity index (χ4n) is 1.99. The number of nitrogens with two attached hydrogens (primary N) is 1. The normalized spacial score (nSPS) is 13.0. The Morgan fingerprint density at radius 1 is 1.38 bits per heavy atom. The first-order valence-electron chi connectivity index (χ1n) is 6.84. The van der Waals surface area contributed by atoms with Gasteiger partial charge in [0.2, 0.25) is 10.0 Å². The van der Waals surface area contributed by atoms with Gasteiger partial charge in [-0.15, -0.1) is 0 Å². The van der Waals surface area contributed by atoms with Gasteiger partial charge < -0.3 is 5.73 Å². The maximum absolute atomic E-state index is 12.3. The molecule has 1 aromatic carbocycles. The van der Waals surface area contributed by atoms with Gasteiger partial charge in [-0.2, -0.15) is 0 Å². The fraction of sp³-hybridized carbons (Fsp3) is 0.538. The highest BCUT2D eigenvalue weighted by Crippen LogP contribution is 2.26. The Kier molecular flexibility index (Phi) is 6.10. The van der Waals surface area contributed by atoms with Crippen molar-refractivity contribution < 1.29 is 13.3 Å². The first-order chi connectivity index (χ1) is 9.77. The smallest absolute Gasteiger partial charge is 0.291 e. The van der Waals surface area contributed by atoms with E-state index in [1.165, 1.54) is 6.07 Å². The second-order valence-corrected chi connectivity index (χ2v) is 6.68. The Bertz CT molecular complexity index is 601. The van der Waals surface area contributed by atoms with E-state index in [0.29, 0.717) is 6.42 Å². The van der Waals surface area contributed by atoms with E-state index in [-0.39, 0.29) is 16.6 Å². The minimum absolute atomic E-state index is 0.150. The Hall–Kier alpha value is -1.67. The van der Waals surface area contributed by atoms with Crippen molar-refractivity contribution in [3.8, 4) is 0 Å². The number of nitro benzene ring substituents is 1. The van der Waals surface area contributed by atoms with Crippen LogP contribution in [-0.2, 0) is 10.0 Å². The summed E-state index contributed by atoms with van der Waals surface area (Å²) in [5, 5.41) is 11.0. The van der Waals surface area contributed by atoms with E-state index in [1.807, 2.05) is 0 Å². The molecule has 1 aromatic rings. The molecule has 0 fully saturated rings. The molecule has 0 radical (unpaired) electrons. The molecule has 1 rings (SSSR count). The molecule has 0 spiro atoms. The molecule has 1 atom stereocenters. The van der Waals surface area contributed by atoms with Crippen molar-refractivity contribution in [1.29, 1.82) is 0 Å². The van der Waals surface area contributed by atoms with E-state index in [1.54, 1.807) is 6.92 Å². The minimum atomic E-state index is -3.94. The summed E-state index contributed by atoms with van der Waals surface area (Å²) < 4.78 is 27.0. The average Bonchev–Trinajstić information content (AvgIpc) is 2.37. The van der Waals surface area contributed by atoms with Gasteiger partial charge in [0, 0.05) is 17.8 Å². The topological polar surface area (TPSA) is 115 Å². The van der Waals surface area contributed by atoms with Gasteiger partial charge in [-0.05, 0) is 25.5 Å². The lowest BCUT2D eigenvalue weighted by atomic mass is 10.1. The van der Waals surface area contributed by atoms with Crippen LogP contribution in [0.3, 0.4) is 0 Å². The molecule has 0 aliphatic carbocycles. The molecule has 1 unspecified atom stereocenters. The lowest BCUT2D eigenvalue weighted by Gasteiger charge is -2.14. The molecule has 0 bridgehead atoms. The Balaban J connectivity index is 2.95. The van der Waals surface area contributed by atoms with Gasteiger partial charge in [-0.3, -0.25) is 10.1 Å². The van der Waals surface area contributed by atoms with Crippen molar-refractivity contribution in [2.45, 2.75) is 50.5 Å². The van der Waals surface area contributed by atoms with Gasteiger partial charge in [0.15, 0.2) is 4.90 Å². The SMILES string of the molecule is CCCCCC(C)NS(=O)(=O)c1ccc(N)cc1[N+](=O)[O-]. The molecule has 118 valence electrons. The quantitative estimate of drug-likeness (QED) is 0.331. The third kappa shape index (κ3) is 4.98. The zero-order chi connectivity index (χ0) is 16.0. The molecule has 8 heteroatoms. The van der Waals surface area contributed by atoms with Crippen LogP contribution >= 0.6 is 0 Å². The van der Waals surface area contributed by atoms with Gasteiger partial charge in [-0.1, -0.05) is 26.2 Å². The van der Waals surface area contributed by atoms with Crippen LogP contribution in [0, 0.1) is 10.1 Å². The molecular formula is C13H21N3O4S. The van der Waals surface area contributed by atoms with Crippen LogP contribution in [0.15, 0.2) is 23.1 Å². The summed E-state index contributed by atoms with van der Waals surface area (Å²) >= 11 is 0. The molecule has 3 N–H and O–H groups in total. The van der Waals surface area contributed by atoms with Crippen LogP contribution in [0.25, 0.3) is 0 Å².